The molecular formula is C18H22FNO. The molecule has 0 spiro atoms. The first-order valence-corrected chi connectivity index (χ1v) is 7.29. The second kappa shape index (κ2) is 7.23. The fourth-order valence-corrected chi connectivity index (χ4v) is 2.45. The van der Waals surface area contributed by atoms with Gasteiger partial charge in [0.1, 0.15) is 11.6 Å². The van der Waals surface area contributed by atoms with E-state index in [1.165, 1.54) is 17.7 Å². The van der Waals surface area contributed by atoms with Crippen molar-refractivity contribution in [2.75, 3.05) is 7.11 Å². The van der Waals surface area contributed by atoms with Gasteiger partial charge in [0.2, 0.25) is 0 Å². The van der Waals surface area contributed by atoms with Crippen molar-refractivity contribution in [2.45, 2.75) is 32.4 Å². The number of benzene rings is 2. The maximum Gasteiger partial charge on any atom is 0.123 e. The molecule has 0 bridgehead atoms. The van der Waals surface area contributed by atoms with Gasteiger partial charge in [-0.3, -0.25) is 0 Å². The van der Waals surface area contributed by atoms with Gasteiger partial charge in [0.05, 0.1) is 7.11 Å². The summed E-state index contributed by atoms with van der Waals surface area (Å²) in [5, 5.41) is 3.59. The number of nitrogens with one attached hydrogen (secondary N) is 1. The van der Waals surface area contributed by atoms with E-state index in [1.54, 1.807) is 7.11 Å². The summed E-state index contributed by atoms with van der Waals surface area (Å²) in [6.45, 7) is 4.25. The van der Waals surface area contributed by atoms with Gasteiger partial charge in [-0.25, -0.2) is 4.39 Å². The minimum absolute atomic E-state index is 0.190. The molecule has 3 heteroatoms. The molecule has 0 aromatic heterocycles. The fraction of sp³-hybridized carbons (Fsp3) is 0.333. The Balaban J connectivity index is 2.11. The molecule has 21 heavy (non-hydrogen) atoms. The van der Waals surface area contributed by atoms with Crippen LogP contribution in [0.15, 0.2) is 48.5 Å². The summed E-state index contributed by atoms with van der Waals surface area (Å²) in [5.41, 5.74) is 2.28. The summed E-state index contributed by atoms with van der Waals surface area (Å²) in [6, 6.07) is 15.1. The molecule has 2 atom stereocenters. The molecular weight excluding hydrogens is 265 g/mol. The molecule has 2 aromatic carbocycles. The van der Waals surface area contributed by atoms with Crippen LogP contribution in [0.3, 0.4) is 0 Å². The third kappa shape index (κ3) is 4.05. The first-order valence-electron chi connectivity index (χ1n) is 7.29. The van der Waals surface area contributed by atoms with Gasteiger partial charge in [0, 0.05) is 12.1 Å². The molecule has 0 aliphatic rings. The zero-order valence-electron chi connectivity index (χ0n) is 12.8. The summed E-state index contributed by atoms with van der Waals surface area (Å²) in [7, 11) is 1.67. The molecule has 112 valence electrons. The SMILES string of the molecule is CCC(N[C@H](C)c1cccc(OC)c1)c1ccc(F)cc1. The zero-order chi connectivity index (χ0) is 15.2. The van der Waals surface area contributed by atoms with E-state index in [2.05, 4.69) is 25.2 Å². The van der Waals surface area contributed by atoms with Crippen molar-refractivity contribution >= 4 is 0 Å². The van der Waals surface area contributed by atoms with Crippen molar-refractivity contribution in [3.05, 3.63) is 65.5 Å². The van der Waals surface area contributed by atoms with E-state index in [1.807, 2.05) is 30.3 Å². The normalized spacial score (nSPS) is 13.7. The van der Waals surface area contributed by atoms with Gasteiger partial charge in [-0.1, -0.05) is 31.2 Å². The van der Waals surface area contributed by atoms with Crippen molar-refractivity contribution < 1.29 is 9.13 Å². The molecule has 2 rings (SSSR count). The molecule has 0 aliphatic heterocycles. The Morgan fingerprint density at radius 3 is 2.43 bits per heavy atom. The molecule has 0 fully saturated rings. The number of hydrogen-bond acceptors (Lipinski definition) is 2. The number of halogens is 1. The van der Waals surface area contributed by atoms with Gasteiger partial charge in [-0.05, 0) is 48.7 Å². The van der Waals surface area contributed by atoms with Gasteiger partial charge in [-0.15, -0.1) is 0 Å². The zero-order valence-corrected chi connectivity index (χ0v) is 12.8. The quantitative estimate of drug-likeness (QED) is 0.836. The molecule has 0 radical (unpaired) electrons. The molecule has 1 unspecified atom stereocenters. The fourth-order valence-electron chi connectivity index (χ4n) is 2.45. The van der Waals surface area contributed by atoms with Crippen molar-refractivity contribution in [2.24, 2.45) is 0 Å². The van der Waals surface area contributed by atoms with Crippen LogP contribution in [-0.2, 0) is 0 Å². The van der Waals surface area contributed by atoms with E-state index in [9.17, 15) is 4.39 Å². The van der Waals surface area contributed by atoms with Crippen molar-refractivity contribution in [1.29, 1.82) is 0 Å². The number of methoxy groups -OCH3 is 1. The highest BCUT2D eigenvalue weighted by Gasteiger charge is 2.14. The Bertz CT molecular complexity index is 568. The van der Waals surface area contributed by atoms with Crippen LogP contribution < -0.4 is 10.1 Å². The van der Waals surface area contributed by atoms with Gasteiger partial charge in [0.15, 0.2) is 0 Å². The Hall–Kier alpha value is -1.87. The smallest absolute Gasteiger partial charge is 0.123 e. The van der Waals surface area contributed by atoms with E-state index < -0.39 is 0 Å². The van der Waals surface area contributed by atoms with Gasteiger partial charge in [0.25, 0.3) is 0 Å². The van der Waals surface area contributed by atoms with Crippen molar-refractivity contribution in [3.8, 4) is 5.75 Å². The lowest BCUT2D eigenvalue weighted by Crippen LogP contribution is -2.24. The predicted molar refractivity (Wildman–Crippen MR) is 84.0 cm³/mol. The summed E-state index contributed by atoms with van der Waals surface area (Å²) < 4.78 is 18.3. The average Bonchev–Trinajstić information content (AvgIpc) is 2.53. The Kier molecular flexibility index (Phi) is 5.34. The minimum Gasteiger partial charge on any atom is -0.497 e. The number of rotatable bonds is 6. The molecule has 0 saturated carbocycles. The van der Waals surface area contributed by atoms with Gasteiger partial charge >= 0.3 is 0 Å². The van der Waals surface area contributed by atoms with Crippen LogP contribution in [-0.4, -0.2) is 7.11 Å². The topological polar surface area (TPSA) is 21.3 Å². The molecule has 2 nitrogen and oxygen atoms in total. The first-order chi connectivity index (χ1) is 10.1. The molecule has 0 aliphatic carbocycles. The van der Waals surface area contributed by atoms with Crippen molar-refractivity contribution in [1.82, 2.24) is 5.32 Å². The monoisotopic (exact) mass is 287 g/mol. The maximum atomic E-state index is 13.0. The second-order valence-electron chi connectivity index (χ2n) is 5.18. The van der Waals surface area contributed by atoms with Gasteiger partial charge in [-0.2, -0.15) is 0 Å². The highest BCUT2D eigenvalue weighted by atomic mass is 19.1. The first kappa shape index (κ1) is 15.5. The Morgan fingerprint density at radius 2 is 1.81 bits per heavy atom. The predicted octanol–water partition coefficient (Wildman–Crippen LogP) is 4.64. The lowest BCUT2D eigenvalue weighted by molar-refractivity contribution is 0.411. The molecule has 2 aromatic rings. The lowest BCUT2D eigenvalue weighted by atomic mass is 10.0. The van der Waals surface area contributed by atoms with Crippen LogP contribution in [0.1, 0.15) is 43.5 Å². The van der Waals surface area contributed by atoms with Gasteiger partial charge < -0.3 is 10.1 Å². The van der Waals surface area contributed by atoms with Crippen LogP contribution in [0.4, 0.5) is 4.39 Å². The standard InChI is InChI=1S/C18H22FNO/c1-4-18(14-8-10-16(19)11-9-14)20-13(2)15-6-5-7-17(12-15)21-3/h5-13,18,20H,4H2,1-3H3/t13-,18?/m1/s1. The summed E-state index contributed by atoms with van der Waals surface area (Å²) in [5.74, 6) is 0.658. The van der Waals surface area contributed by atoms with Crippen LogP contribution >= 0.6 is 0 Å². The van der Waals surface area contributed by atoms with E-state index in [0.29, 0.717) is 0 Å². The highest BCUT2D eigenvalue weighted by Crippen LogP contribution is 2.24. The maximum absolute atomic E-state index is 13.0. The number of hydrogen-bond donors (Lipinski definition) is 1. The molecule has 1 N–H and O–H groups in total. The van der Waals surface area contributed by atoms with Crippen molar-refractivity contribution in [3.63, 3.8) is 0 Å². The molecule has 0 saturated heterocycles. The largest absolute Gasteiger partial charge is 0.497 e. The molecule has 0 amide bonds. The third-order valence-electron chi connectivity index (χ3n) is 3.73. The average molecular weight is 287 g/mol. The van der Waals surface area contributed by atoms with Crippen LogP contribution in [0.25, 0.3) is 0 Å². The third-order valence-corrected chi connectivity index (χ3v) is 3.73. The summed E-state index contributed by atoms with van der Waals surface area (Å²) >= 11 is 0. The van der Waals surface area contributed by atoms with E-state index in [0.717, 1.165) is 17.7 Å². The van der Waals surface area contributed by atoms with E-state index in [-0.39, 0.29) is 17.9 Å². The number of ether oxygens (including phenoxy) is 1. The van der Waals surface area contributed by atoms with E-state index >= 15 is 0 Å². The summed E-state index contributed by atoms with van der Waals surface area (Å²) in [6.07, 6.45) is 0.944. The van der Waals surface area contributed by atoms with Crippen LogP contribution in [0.2, 0.25) is 0 Å². The molecule has 0 heterocycles. The highest BCUT2D eigenvalue weighted by molar-refractivity contribution is 5.30. The summed E-state index contributed by atoms with van der Waals surface area (Å²) in [4.78, 5) is 0. The van der Waals surface area contributed by atoms with E-state index in [4.69, 9.17) is 4.74 Å². The van der Waals surface area contributed by atoms with Crippen LogP contribution in [0, 0.1) is 5.82 Å². The lowest BCUT2D eigenvalue weighted by Gasteiger charge is -2.23. The Morgan fingerprint density at radius 1 is 1.10 bits per heavy atom. The van der Waals surface area contributed by atoms with Crippen LogP contribution in [0.5, 0.6) is 5.75 Å². The minimum atomic E-state index is -0.200. The Labute approximate surface area is 126 Å². The second-order valence-corrected chi connectivity index (χ2v) is 5.18.